The van der Waals surface area contributed by atoms with Crippen LogP contribution in [-0.2, 0) is 0 Å². The Balaban J connectivity index is 3.27. The van der Waals surface area contributed by atoms with Crippen LogP contribution in [0.1, 0.15) is 30.4 Å². The molecule has 1 rings (SSSR count). The quantitative estimate of drug-likeness (QED) is 0.651. The van der Waals surface area contributed by atoms with Crippen LogP contribution in [0.5, 0.6) is 0 Å². The highest BCUT2D eigenvalue weighted by molar-refractivity contribution is 7.99. The maximum atomic E-state index is 11.4. The van der Waals surface area contributed by atoms with Gasteiger partial charge in [-0.1, -0.05) is 0 Å². The second kappa shape index (κ2) is 5.59. The maximum Gasteiger partial charge on any atom is 0.171 e. The zero-order valence-electron chi connectivity index (χ0n) is 10.2. The van der Waals surface area contributed by atoms with Gasteiger partial charge in [0.15, 0.2) is 5.78 Å². The van der Waals surface area contributed by atoms with Gasteiger partial charge < -0.3 is 10.6 Å². The first-order valence-corrected chi connectivity index (χ1v) is 7.32. The van der Waals surface area contributed by atoms with Gasteiger partial charge in [-0.05, 0) is 20.1 Å². The fourth-order valence-corrected chi connectivity index (χ4v) is 3.80. The molecule has 0 aliphatic rings. The van der Waals surface area contributed by atoms with Crippen molar-refractivity contribution in [3.63, 3.8) is 0 Å². The van der Waals surface area contributed by atoms with E-state index < -0.39 is 0 Å². The molecule has 16 heavy (non-hydrogen) atoms. The molecule has 0 unspecified atom stereocenters. The summed E-state index contributed by atoms with van der Waals surface area (Å²) in [5, 5.41) is 1.13. The number of thioether (sulfide) groups is 1. The average molecular weight is 258 g/mol. The van der Waals surface area contributed by atoms with E-state index in [0.717, 1.165) is 23.0 Å². The Bertz CT molecular complexity index is 384. The molecule has 0 saturated heterocycles. The summed E-state index contributed by atoms with van der Waals surface area (Å²) in [7, 11) is 0. The molecule has 0 aromatic carbocycles. The molecule has 3 nitrogen and oxygen atoms in total. The fraction of sp³-hybridized carbons (Fsp3) is 0.545. The fourth-order valence-electron chi connectivity index (χ4n) is 1.59. The predicted molar refractivity (Wildman–Crippen MR) is 74.1 cm³/mol. The lowest BCUT2D eigenvalue weighted by Crippen LogP contribution is -2.21. The van der Waals surface area contributed by atoms with E-state index >= 15 is 0 Å². The molecule has 0 radical (unpaired) electrons. The minimum atomic E-state index is 0.0520. The van der Waals surface area contributed by atoms with Crippen molar-refractivity contribution >= 4 is 39.6 Å². The third kappa shape index (κ3) is 2.35. The molecule has 0 amide bonds. The van der Waals surface area contributed by atoms with Gasteiger partial charge in [0.2, 0.25) is 0 Å². The number of hydrogen-bond donors (Lipinski definition) is 1. The highest BCUT2D eigenvalue weighted by atomic mass is 32.2. The SMILES string of the molecule is CCN(CC)c1sc(C(C)=O)c(N)c1SC. The number of carbonyl (C=O) groups is 1. The number of nitrogens with zero attached hydrogens (tertiary/aromatic N) is 1. The summed E-state index contributed by atoms with van der Waals surface area (Å²) < 4.78 is 0. The molecule has 0 bridgehead atoms. The molecule has 0 aliphatic carbocycles. The summed E-state index contributed by atoms with van der Waals surface area (Å²) in [6.07, 6.45) is 2.00. The van der Waals surface area contributed by atoms with Crippen molar-refractivity contribution in [2.24, 2.45) is 0 Å². The third-order valence-electron chi connectivity index (χ3n) is 2.46. The van der Waals surface area contributed by atoms with Crippen molar-refractivity contribution in [1.29, 1.82) is 0 Å². The van der Waals surface area contributed by atoms with Crippen molar-refractivity contribution < 1.29 is 4.79 Å². The first kappa shape index (κ1) is 13.4. The van der Waals surface area contributed by atoms with E-state index in [1.807, 2.05) is 6.26 Å². The molecular weight excluding hydrogens is 240 g/mol. The average Bonchev–Trinajstić information content (AvgIpc) is 2.58. The Hall–Kier alpha value is -0.680. The molecule has 0 aliphatic heterocycles. The number of ketones is 1. The number of hydrogen-bond acceptors (Lipinski definition) is 5. The van der Waals surface area contributed by atoms with E-state index in [9.17, 15) is 4.79 Å². The lowest BCUT2D eigenvalue weighted by Gasteiger charge is -2.20. The van der Waals surface area contributed by atoms with Gasteiger partial charge in [0.1, 0.15) is 5.00 Å². The van der Waals surface area contributed by atoms with Gasteiger partial charge in [0.25, 0.3) is 0 Å². The first-order valence-electron chi connectivity index (χ1n) is 5.28. The van der Waals surface area contributed by atoms with Crippen LogP contribution >= 0.6 is 23.1 Å². The summed E-state index contributed by atoms with van der Waals surface area (Å²) in [6.45, 7) is 7.65. The number of thiophene rings is 1. The minimum Gasteiger partial charge on any atom is -0.396 e. The topological polar surface area (TPSA) is 46.3 Å². The summed E-state index contributed by atoms with van der Waals surface area (Å²) in [5.41, 5.74) is 6.65. The molecule has 1 aromatic heterocycles. The summed E-state index contributed by atoms with van der Waals surface area (Å²) in [4.78, 5) is 15.4. The van der Waals surface area contributed by atoms with E-state index in [4.69, 9.17) is 5.73 Å². The van der Waals surface area contributed by atoms with Gasteiger partial charge in [0, 0.05) is 20.0 Å². The summed E-state index contributed by atoms with van der Waals surface area (Å²) in [5.74, 6) is 0.0520. The number of rotatable bonds is 5. The number of Topliss-reactive ketones (excluding diaryl/α,β-unsaturated/α-hetero) is 1. The van der Waals surface area contributed by atoms with E-state index in [0.29, 0.717) is 10.6 Å². The van der Waals surface area contributed by atoms with Crippen LogP contribution in [0, 0.1) is 0 Å². The van der Waals surface area contributed by atoms with Gasteiger partial charge in [0.05, 0.1) is 15.5 Å². The monoisotopic (exact) mass is 258 g/mol. The Labute approximate surface area is 105 Å². The molecule has 5 heteroatoms. The largest absolute Gasteiger partial charge is 0.396 e. The Morgan fingerprint density at radius 1 is 1.44 bits per heavy atom. The highest BCUT2D eigenvalue weighted by Gasteiger charge is 2.20. The van der Waals surface area contributed by atoms with E-state index in [1.165, 1.54) is 11.3 Å². The van der Waals surface area contributed by atoms with Gasteiger partial charge in [-0.3, -0.25) is 4.79 Å². The predicted octanol–water partition coefficient (Wildman–Crippen LogP) is 3.10. The minimum absolute atomic E-state index is 0.0520. The smallest absolute Gasteiger partial charge is 0.171 e. The van der Waals surface area contributed by atoms with Crippen molar-refractivity contribution in [3.05, 3.63) is 4.88 Å². The molecule has 0 saturated carbocycles. The molecule has 1 heterocycles. The number of nitrogen functional groups attached to an aromatic ring is 1. The van der Waals surface area contributed by atoms with Gasteiger partial charge in [-0.15, -0.1) is 23.1 Å². The molecule has 0 atom stereocenters. The molecular formula is C11H18N2OS2. The van der Waals surface area contributed by atoms with Crippen LogP contribution < -0.4 is 10.6 Å². The van der Waals surface area contributed by atoms with Gasteiger partial charge in [-0.25, -0.2) is 0 Å². The normalized spacial score (nSPS) is 10.5. The molecule has 0 spiro atoms. The Kier molecular flexibility index (Phi) is 4.68. The van der Waals surface area contributed by atoms with Crippen LogP contribution in [0.15, 0.2) is 4.90 Å². The molecule has 0 fully saturated rings. The number of carbonyl (C=O) groups excluding carboxylic acids is 1. The highest BCUT2D eigenvalue weighted by Crippen LogP contribution is 2.43. The van der Waals surface area contributed by atoms with Crippen LogP contribution in [-0.4, -0.2) is 25.1 Å². The van der Waals surface area contributed by atoms with Crippen LogP contribution in [0.4, 0.5) is 10.7 Å². The first-order chi connectivity index (χ1) is 7.56. The van der Waals surface area contributed by atoms with E-state index in [2.05, 4.69) is 18.7 Å². The second-order valence-corrected chi connectivity index (χ2v) is 5.23. The third-order valence-corrected chi connectivity index (χ3v) is 4.77. The molecule has 1 aromatic rings. The number of anilines is 2. The van der Waals surface area contributed by atoms with Crippen LogP contribution in [0.2, 0.25) is 0 Å². The van der Waals surface area contributed by atoms with E-state index in [-0.39, 0.29) is 5.78 Å². The van der Waals surface area contributed by atoms with Crippen molar-refractivity contribution in [3.8, 4) is 0 Å². The molecule has 2 N–H and O–H groups in total. The van der Waals surface area contributed by atoms with Crippen LogP contribution in [0.25, 0.3) is 0 Å². The van der Waals surface area contributed by atoms with Gasteiger partial charge in [-0.2, -0.15) is 0 Å². The summed E-state index contributed by atoms with van der Waals surface area (Å²) >= 11 is 3.12. The van der Waals surface area contributed by atoms with Crippen LogP contribution in [0.3, 0.4) is 0 Å². The van der Waals surface area contributed by atoms with Crippen molar-refractivity contribution in [2.45, 2.75) is 25.7 Å². The zero-order valence-corrected chi connectivity index (χ0v) is 11.8. The van der Waals surface area contributed by atoms with E-state index in [1.54, 1.807) is 18.7 Å². The van der Waals surface area contributed by atoms with Crippen molar-refractivity contribution in [2.75, 3.05) is 30.0 Å². The standard InChI is InChI=1S/C11H18N2OS2/c1-5-13(6-2)11-10(15-4)8(12)9(16-11)7(3)14/h5-6,12H2,1-4H3. The lowest BCUT2D eigenvalue weighted by atomic mass is 10.3. The van der Waals surface area contributed by atoms with Crippen molar-refractivity contribution in [1.82, 2.24) is 0 Å². The second-order valence-electron chi connectivity index (χ2n) is 3.41. The lowest BCUT2D eigenvalue weighted by molar-refractivity contribution is 0.102. The zero-order chi connectivity index (χ0) is 12.3. The summed E-state index contributed by atoms with van der Waals surface area (Å²) in [6, 6.07) is 0. The Morgan fingerprint density at radius 3 is 2.38 bits per heavy atom. The Morgan fingerprint density at radius 2 is 2.00 bits per heavy atom. The molecule has 90 valence electrons. The maximum absolute atomic E-state index is 11.4. The number of nitrogens with two attached hydrogens (primary N) is 1. The van der Waals surface area contributed by atoms with Gasteiger partial charge >= 0.3 is 0 Å².